The summed E-state index contributed by atoms with van der Waals surface area (Å²) in [6.07, 6.45) is 8.60. The van der Waals surface area contributed by atoms with Gasteiger partial charge in [-0.15, -0.1) is 0 Å². The number of carbonyl (C=O) groups is 2. The first-order chi connectivity index (χ1) is 20.0. The molecule has 42 heavy (non-hydrogen) atoms. The number of carbonyl (C=O) groups excluding carboxylic acids is 2. The Morgan fingerprint density at radius 2 is 1.86 bits per heavy atom. The van der Waals surface area contributed by atoms with Gasteiger partial charge in [-0.3, -0.25) is 9.59 Å². The third-order valence-electron chi connectivity index (χ3n) is 7.42. The Kier molecular flexibility index (Phi) is 10.3. The molecule has 2 heterocycles. The van der Waals surface area contributed by atoms with Crippen molar-refractivity contribution in [2.75, 3.05) is 65.5 Å². The Bertz CT molecular complexity index is 1330. The highest BCUT2D eigenvalue weighted by atomic mass is 32.2. The second kappa shape index (κ2) is 13.7. The van der Waals surface area contributed by atoms with E-state index in [2.05, 4.69) is 14.1 Å². The number of nitrogens with zero attached hydrogens (tertiary/aromatic N) is 2. The normalized spacial score (nSPS) is 16.2. The van der Waals surface area contributed by atoms with Crippen molar-refractivity contribution in [2.24, 2.45) is 0 Å². The van der Waals surface area contributed by atoms with Crippen LogP contribution in [0.3, 0.4) is 0 Å². The Hall–Kier alpha value is -3.43. The first kappa shape index (κ1) is 31.5. The number of aromatic hydroxyl groups is 1. The zero-order valence-electron chi connectivity index (χ0n) is 25.4. The van der Waals surface area contributed by atoms with Crippen LogP contribution in [0.5, 0.6) is 23.0 Å². The Labute approximate surface area is 253 Å². The maximum absolute atomic E-state index is 13.1. The molecule has 0 unspecified atom stereocenters. The van der Waals surface area contributed by atoms with E-state index < -0.39 is 5.60 Å². The van der Waals surface area contributed by atoms with Crippen molar-refractivity contribution in [1.82, 2.24) is 4.90 Å². The molecule has 226 valence electrons. The summed E-state index contributed by atoms with van der Waals surface area (Å²) in [5.74, 6) is 3.27. The number of fused-ring (bicyclic) bond motifs is 1. The van der Waals surface area contributed by atoms with Gasteiger partial charge in [-0.2, -0.15) is 11.8 Å². The van der Waals surface area contributed by atoms with Gasteiger partial charge in [0.15, 0.2) is 12.3 Å². The summed E-state index contributed by atoms with van der Waals surface area (Å²) in [6, 6.07) is 9.15. The number of rotatable bonds is 12. The molecule has 0 spiro atoms. The van der Waals surface area contributed by atoms with Crippen LogP contribution in [-0.2, 0) is 4.79 Å². The number of amides is 1. The van der Waals surface area contributed by atoms with E-state index in [4.69, 9.17) is 14.2 Å². The summed E-state index contributed by atoms with van der Waals surface area (Å²) in [5.41, 5.74) is 0.863. The van der Waals surface area contributed by atoms with Gasteiger partial charge >= 0.3 is 0 Å². The zero-order chi connectivity index (χ0) is 30.3. The molecule has 1 saturated heterocycles. The summed E-state index contributed by atoms with van der Waals surface area (Å²) in [4.78, 5) is 27.7. The maximum Gasteiger partial charge on any atom is 0.277 e. The highest BCUT2D eigenvalue weighted by molar-refractivity contribution is 7.99. The lowest BCUT2D eigenvalue weighted by atomic mass is 9.97. The molecule has 0 atom stereocenters. The molecule has 0 bridgehead atoms. The monoisotopic (exact) mass is 595 g/mol. The third kappa shape index (κ3) is 8.32. The average molecular weight is 596 g/mol. The van der Waals surface area contributed by atoms with E-state index in [1.165, 1.54) is 13.2 Å². The number of phenolic OH excluding ortho intramolecular Hbond substituents is 1. The second-order valence-corrected chi connectivity index (χ2v) is 13.1. The Morgan fingerprint density at radius 3 is 2.55 bits per heavy atom. The lowest BCUT2D eigenvalue weighted by molar-refractivity contribution is -0.883. The average Bonchev–Trinajstić information content (AvgIpc) is 2.95. The lowest BCUT2D eigenvalue weighted by Crippen LogP contribution is -2.50. The highest BCUT2D eigenvalue weighted by Crippen LogP contribution is 2.43. The van der Waals surface area contributed by atoms with E-state index in [-0.39, 0.29) is 28.8 Å². The van der Waals surface area contributed by atoms with Crippen LogP contribution in [0, 0.1) is 0 Å². The quantitative estimate of drug-likeness (QED) is 0.154. The van der Waals surface area contributed by atoms with Crippen molar-refractivity contribution < 1.29 is 33.4 Å². The van der Waals surface area contributed by atoms with E-state index in [1.807, 2.05) is 60.9 Å². The third-order valence-corrected chi connectivity index (χ3v) is 8.36. The number of methoxy groups -OCH3 is 1. The van der Waals surface area contributed by atoms with E-state index in [0.29, 0.717) is 28.9 Å². The molecule has 1 N–H and O–H groups in total. The van der Waals surface area contributed by atoms with Crippen molar-refractivity contribution in [3.8, 4) is 23.0 Å². The van der Waals surface area contributed by atoms with Crippen molar-refractivity contribution in [3.63, 3.8) is 0 Å². The SMILES string of the molecule is COc1cc2c(c(O)c1C(=O)/C=C/c1ccc(OCCCC[N+](C)(C)CC(=O)N3CCSCC3)cc1)C=CC(C)(C)O2. The second-order valence-electron chi connectivity index (χ2n) is 11.9. The number of likely N-dealkylation sites (N-methyl/N-ethyl adjacent to an activating group) is 1. The number of ether oxygens (including phenoxy) is 3. The fourth-order valence-corrected chi connectivity index (χ4v) is 5.91. The van der Waals surface area contributed by atoms with Gasteiger partial charge in [0, 0.05) is 30.7 Å². The number of allylic oxidation sites excluding steroid dienone is 1. The maximum atomic E-state index is 13.1. The van der Waals surface area contributed by atoms with Gasteiger partial charge in [-0.05, 0) is 62.6 Å². The minimum absolute atomic E-state index is 0.0946. The molecule has 2 aromatic carbocycles. The molecule has 2 aromatic rings. The summed E-state index contributed by atoms with van der Waals surface area (Å²) in [7, 11) is 5.69. The predicted molar refractivity (Wildman–Crippen MR) is 169 cm³/mol. The van der Waals surface area contributed by atoms with Gasteiger partial charge in [0.1, 0.15) is 34.2 Å². The molecule has 0 radical (unpaired) electrons. The molecule has 8 nitrogen and oxygen atoms in total. The van der Waals surface area contributed by atoms with Crippen LogP contribution in [0.15, 0.2) is 42.5 Å². The van der Waals surface area contributed by atoms with Gasteiger partial charge in [0.25, 0.3) is 5.91 Å². The Morgan fingerprint density at radius 1 is 1.14 bits per heavy atom. The molecule has 0 aliphatic carbocycles. The van der Waals surface area contributed by atoms with Crippen LogP contribution in [-0.4, -0.2) is 97.3 Å². The minimum Gasteiger partial charge on any atom is -0.506 e. The molecule has 0 aromatic heterocycles. The number of phenols is 1. The number of thioether (sulfide) groups is 1. The van der Waals surface area contributed by atoms with Gasteiger partial charge in [-0.25, -0.2) is 0 Å². The van der Waals surface area contributed by atoms with Crippen LogP contribution in [0.25, 0.3) is 12.2 Å². The topological polar surface area (TPSA) is 85.3 Å². The highest BCUT2D eigenvalue weighted by Gasteiger charge is 2.29. The number of ketones is 1. The summed E-state index contributed by atoms with van der Waals surface area (Å²) < 4.78 is 17.9. The van der Waals surface area contributed by atoms with Crippen LogP contribution in [0.4, 0.5) is 0 Å². The molecule has 2 aliphatic heterocycles. The largest absolute Gasteiger partial charge is 0.506 e. The Balaban J connectivity index is 1.25. The standard InChI is InChI=1S/C33H42N2O6S/c1-33(2)15-14-26-28(41-33)22-29(39-5)31(32(26)38)27(36)13-10-24-8-11-25(12-9-24)40-19-7-6-18-35(3,4)23-30(37)34-16-20-42-21-17-34/h8-15,22H,6-7,16-21,23H2,1-5H3/p+1/b13-10+. The van der Waals surface area contributed by atoms with Crippen LogP contribution in [0.1, 0.15) is 48.2 Å². The van der Waals surface area contributed by atoms with E-state index in [9.17, 15) is 14.7 Å². The molecule has 0 saturated carbocycles. The zero-order valence-corrected chi connectivity index (χ0v) is 26.2. The molecule has 9 heteroatoms. The van der Waals surface area contributed by atoms with Gasteiger partial charge in [0.05, 0.1) is 39.9 Å². The van der Waals surface area contributed by atoms with Crippen molar-refractivity contribution in [2.45, 2.75) is 32.3 Å². The molecule has 2 aliphatic rings. The lowest BCUT2D eigenvalue weighted by Gasteiger charge is -2.33. The van der Waals surface area contributed by atoms with Crippen LogP contribution >= 0.6 is 11.8 Å². The van der Waals surface area contributed by atoms with E-state index >= 15 is 0 Å². The number of hydrogen-bond donors (Lipinski definition) is 1. The van der Waals surface area contributed by atoms with E-state index in [1.54, 1.807) is 18.2 Å². The first-order valence-corrected chi connectivity index (χ1v) is 15.6. The van der Waals surface area contributed by atoms with Crippen molar-refractivity contribution >= 4 is 35.6 Å². The number of benzene rings is 2. The molecule has 1 fully saturated rings. The van der Waals surface area contributed by atoms with Gasteiger partial charge in [0.2, 0.25) is 0 Å². The molecule has 4 rings (SSSR count). The predicted octanol–water partition coefficient (Wildman–Crippen LogP) is 5.29. The van der Waals surface area contributed by atoms with Crippen molar-refractivity contribution in [1.29, 1.82) is 0 Å². The van der Waals surface area contributed by atoms with Crippen LogP contribution < -0.4 is 14.2 Å². The number of hydrogen-bond acceptors (Lipinski definition) is 7. The van der Waals surface area contributed by atoms with Gasteiger partial charge in [-0.1, -0.05) is 18.2 Å². The van der Waals surface area contributed by atoms with Crippen molar-refractivity contribution in [3.05, 3.63) is 59.2 Å². The molecule has 1 amide bonds. The number of unbranched alkanes of at least 4 members (excludes halogenated alkanes) is 1. The number of quaternary nitrogens is 1. The smallest absolute Gasteiger partial charge is 0.277 e. The summed E-state index contributed by atoms with van der Waals surface area (Å²) >= 11 is 1.91. The molecular weight excluding hydrogens is 552 g/mol. The fourth-order valence-electron chi connectivity index (χ4n) is 5.00. The fraction of sp³-hybridized carbons (Fsp3) is 0.455. The van der Waals surface area contributed by atoms with Crippen LogP contribution in [0.2, 0.25) is 0 Å². The summed E-state index contributed by atoms with van der Waals surface area (Å²) in [5, 5.41) is 10.9. The summed E-state index contributed by atoms with van der Waals surface area (Å²) in [6.45, 7) is 7.60. The minimum atomic E-state index is -0.518. The molecular formula is C33H43N2O6S+. The first-order valence-electron chi connectivity index (χ1n) is 14.4. The van der Waals surface area contributed by atoms with Gasteiger partial charge < -0.3 is 28.7 Å². The van der Waals surface area contributed by atoms with E-state index in [0.717, 1.165) is 55.3 Å².